The molecule has 0 aliphatic carbocycles. The van der Waals surface area contributed by atoms with Crippen molar-refractivity contribution >= 4 is 57.4 Å². The van der Waals surface area contributed by atoms with Crippen LogP contribution in [0, 0.1) is 0 Å². The number of thioether (sulfide) groups is 1. The van der Waals surface area contributed by atoms with Gasteiger partial charge in [-0.3, -0.25) is 24.4 Å². The second kappa shape index (κ2) is 8.38. The molecule has 3 atom stereocenters. The van der Waals surface area contributed by atoms with Gasteiger partial charge in [0.15, 0.2) is 5.54 Å². The molecule has 2 aromatic carbocycles. The number of amides is 2. The molecular formula is C27H23ClN4O2S2. The van der Waals surface area contributed by atoms with Crippen LogP contribution in [0.25, 0.3) is 0 Å². The monoisotopic (exact) mass is 534 g/mol. The summed E-state index contributed by atoms with van der Waals surface area (Å²) < 4.78 is -0.783. The first-order valence-corrected chi connectivity index (χ1v) is 13.2. The Bertz CT molecular complexity index is 1410. The average Bonchev–Trinajstić information content (AvgIpc) is 3.38. The number of likely N-dealkylation sites (tertiary alicyclic amines) is 1. The number of benzene rings is 2. The van der Waals surface area contributed by atoms with Gasteiger partial charge in [-0.05, 0) is 42.9 Å². The first kappa shape index (κ1) is 23.6. The molecule has 2 fully saturated rings. The molecule has 4 heterocycles. The zero-order valence-electron chi connectivity index (χ0n) is 19.7. The van der Waals surface area contributed by atoms with E-state index in [9.17, 15) is 9.59 Å². The highest BCUT2D eigenvalue weighted by molar-refractivity contribution is 8.25. The molecule has 6 rings (SSSR count). The number of carbonyl (C=O) groups excluding carboxylic acids is 2. The van der Waals surface area contributed by atoms with Gasteiger partial charge in [0, 0.05) is 47.7 Å². The van der Waals surface area contributed by atoms with E-state index in [1.54, 1.807) is 29.1 Å². The van der Waals surface area contributed by atoms with Crippen LogP contribution in [0.15, 0.2) is 72.9 Å². The van der Waals surface area contributed by atoms with Crippen LogP contribution in [0.2, 0.25) is 5.02 Å². The third-order valence-electron chi connectivity index (χ3n) is 7.64. The van der Waals surface area contributed by atoms with E-state index in [2.05, 4.69) is 4.98 Å². The molecule has 2 amide bonds. The highest BCUT2D eigenvalue weighted by Gasteiger charge is 2.78. The molecular weight excluding hydrogens is 512 g/mol. The number of halogens is 1. The molecule has 3 aliphatic heterocycles. The summed E-state index contributed by atoms with van der Waals surface area (Å²) in [6.07, 6.45) is 1.73. The van der Waals surface area contributed by atoms with Crippen molar-refractivity contribution in [3.8, 4) is 0 Å². The number of fused-ring (bicyclic) bond motifs is 3. The Morgan fingerprint density at radius 1 is 1.06 bits per heavy atom. The van der Waals surface area contributed by atoms with Crippen LogP contribution >= 0.6 is 35.6 Å². The molecule has 1 aromatic heterocycles. The first-order valence-electron chi connectivity index (χ1n) is 11.6. The summed E-state index contributed by atoms with van der Waals surface area (Å²) in [6.45, 7) is 0.803. The smallest absolute Gasteiger partial charge is 0.254 e. The number of hydrogen-bond donors (Lipinski definition) is 0. The number of aromatic nitrogens is 1. The van der Waals surface area contributed by atoms with Crippen molar-refractivity contribution in [1.29, 1.82) is 0 Å². The van der Waals surface area contributed by atoms with Crippen molar-refractivity contribution in [1.82, 2.24) is 14.8 Å². The fourth-order valence-electron chi connectivity index (χ4n) is 6.12. The molecule has 3 aromatic rings. The summed E-state index contributed by atoms with van der Waals surface area (Å²) in [7, 11) is 3.66. The van der Waals surface area contributed by atoms with Gasteiger partial charge in [-0.2, -0.15) is 0 Å². The molecule has 0 bridgehead atoms. The second-order valence-corrected chi connectivity index (χ2v) is 11.7. The Morgan fingerprint density at radius 2 is 1.81 bits per heavy atom. The summed E-state index contributed by atoms with van der Waals surface area (Å²) in [5.41, 5.74) is 1.92. The summed E-state index contributed by atoms with van der Waals surface area (Å²) in [4.78, 5) is 39.0. The number of likely N-dealkylation sites (N-methyl/N-ethyl adjacent to an activating group) is 2. The Labute approximate surface area is 224 Å². The predicted molar refractivity (Wildman–Crippen MR) is 146 cm³/mol. The van der Waals surface area contributed by atoms with Gasteiger partial charge in [-0.15, -0.1) is 0 Å². The van der Waals surface area contributed by atoms with Gasteiger partial charge < -0.3 is 4.90 Å². The maximum Gasteiger partial charge on any atom is 0.254 e. The molecule has 2 saturated heterocycles. The molecule has 6 nitrogen and oxygen atoms in total. The Morgan fingerprint density at radius 3 is 2.53 bits per heavy atom. The minimum Gasteiger partial charge on any atom is -0.313 e. The van der Waals surface area contributed by atoms with E-state index < -0.39 is 10.3 Å². The van der Waals surface area contributed by atoms with Crippen LogP contribution in [-0.2, 0) is 21.7 Å². The van der Waals surface area contributed by atoms with Crippen LogP contribution in [0.5, 0.6) is 0 Å². The van der Waals surface area contributed by atoms with Gasteiger partial charge in [0.1, 0.15) is 9.07 Å². The van der Waals surface area contributed by atoms with Crippen molar-refractivity contribution in [2.24, 2.45) is 0 Å². The second-order valence-electron chi connectivity index (χ2n) is 9.40. The van der Waals surface area contributed by atoms with E-state index in [0.717, 1.165) is 22.5 Å². The van der Waals surface area contributed by atoms with Crippen molar-refractivity contribution in [3.63, 3.8) is 0 Å². The van der Waals surface area contributed by atoms with Gasteiger partial charge in [0.05, 0.1) is 6.54 Å². The zero-order valence-corrected chi connectivity index (χ0v) is 22.1. The number of carbonyl (C=O) groups is 2. The van der Waals surface area contributed by atoms with E-state index >= 15 is 0 Å². The molecule has 9 heteroatoms. The quantitative estimate of drug-likeness (QED) is 0.463. The molecule has 36 heavy (non-hydrogen) atoms. The van der Waals surface area contributed by atoms with Crippen LogP contribution in [0.1, 0.15) is 22.7 Å². The lowest BCUT2D eigenvalue weighted by atomic mass is 9.72. The van der Waals surface area contributed by atoms with Gasteiger partial charge in [0.25, 0.3) is 5.91 Å². The number of pyridine rings is 1. The minimum atomic E-state index is -1.29. The van der Waals surface area contributed by atoms with E-state index in [1.807, 2.05) is 72.6 Å². The lowest BCUT2D eigenvalue weighted by Gasteiger charge is -2.42. The summed E-state index contributed by atoms with van der Waals surface area (Å²) >= 11 is 13.7. The highest BCUT2D eigenvalue weighted by Crippen LogP contribution is 2.66. The lowest BCUT2D eigenvalue weighted by molar-refractivity contribution is -0.139. The van der Waals surface area contributed by atoms with Crippen LogP contribution in [0.4, 0.5) is 5.69 Å². The molecule has 182 valence electrons. The largest absolute Gasteiger partial charge is 0.313 e. The maximum absolute atomic E-state index is 14.7. The average molecular weight is 535 g/mol. The van der Waals surface area contributed by atoms with E-state index in [-0.39, 0.29) is 17.7 Å². The Hall–Kier alpha value is -2.78. The van der Waals surface area contributed by atoms with Gasteiger partial charge in [-0.1, -0.05) is 72.0 Å². The molecule has 0 radical (unpaired) electrons. The van der Waals surface area contributed by atoms with Gasteiger partial charge in [0.2, 0.25) is 5.91 Å². The normalized spacial score (nSPS) is 27.6. The van der Waals surface area contributed by atoms with E-state index in [0.29, 0.717) is 22.4 Å². The fourth-order valence-corrected chi connectivity index (χ4v) is 8.40. The van der Waals surface area contributed by atoms with E-state index in [4.69, 9.17) is 23.8 Å². The predicted octanol–water partition coefficient (Wildman–Crippen LogP) is 4.44. The molecule has 2 spiro atoms. The maximum atomic E-state index is 14.7. The summed E-state index contributed by atoms with van der Waals surface area (Å²) in [6, 6.07) is 20.9. The Balaban J connectivity index is 1.60. The van der Waals surface area contributed by atoms with Gasteiger partial charge in [-0.25, -0.2) is 0 Å². The van der Waals surface area contributed by atoms with Crippen LogP contribution in [-0.4, -0.2) is 56.3 Å². The first-order chi connectivity index (χ1) is 17.3. The van der Waals surface area contributed by atoms with Gasteiger partial charge >= 0.3 is 0 Å². The molecule has 0 unspecified atom stereocenters. The molecule has 0 N–H and O–H groups in total. The number of rotatable bonds is 3. The van der Waals surface area contributed by atoms with Crippen molar-refractivity contribution in [2.75, 3.05) is 25.5 Å². The number of anilines is 1. The van der Waals surface area contributed by atoms with E-state index in [1.165, 1.54) is 11.8 Å². The topological polar surface area (TPSA) is 56.8 Å². The third kappa shape index (κ3) is 2.96. The number of thiocarbonyl (C=S) groups is 1. The standard InChI is InChI=1S/C27H23ClN4O2S2/c1-30-16-20(21-10-6-7-13-29-21)27(24(34)32(25(35)36-27)15-17-8-4-3-5-9-17)26(30)19-14-18(28)11-12-22(19)31(2)23(26)33/h3-14,20H,15-16H2,1-2H3/t20-,26+,27+/m1/s1. The SMILES string of the molecule is CN1C(=O)[C@]2(c3cc(Cl)ccc31)N(C)C[C@H](c1ccccn1)[C@@]21SC(=S)N(Cc2ccccc2)C1=O. The molecule has 0 saturated carbocycles. The van der Waals surface area contributed by atoms with Crippen molar-refractivity contribution in [3.05, 3.63) is 94.8 Å². The summed E-state index contributed by atoms with van der Waals surface area (Å²) in [5.74, 6) is -0.705. The Kier molecular flexibility index (Phi) is 5.50. The minimum absolute atomic E-state index is 0.161. The van der Waals surface area contributed by atoms with Crippen LogP contribution < -0.4 is 4.90 Å². The highest BCUT2D eigenvalue weighted by atomic mass is 35.5. The number of hydrogen-bond acceptors (Lipinski definition) is 6. The fraction of sp³-hybridized carbons (Fsp3) is 0.259. The number of nitrogens with zero attached hydrogens (tertiary/aromatic N) is 4. The molecule has 3 aliphatic rings. The summed E-state index contributed by atoms with van der Waals surface area (Å²) in [5, 5.41) is 0.514. The third-order valence-corrected chi connectivity index (χ3v) is 9.82. The zero-order chi connectivity index (χ0) is 25.2. The lowest BCUT2D eigenvalue weighted by Crippen LogP contribution is -2.62. The van der Waals surface area contributed by atoms with Crippen molar-refractivity contribution < 1.29 is 9.59 Å². The van der Waals surface area contributed by atoms with Crippen molar-refractivity contribution in [2.45, 2.75) is 22.7 Å². The van der Waals surface area contributed by atoms with Crippen LogP contribution in [0.3, 0.4) is 0 Å².